The summed E-state index contributed by atoms with van der Waals surface area (Å²) in [7, 11) is 1.36. The minimum atomic E-state index is -5.39. The number of pyridine rings is 1. The Hall–Kier alpha value is -4.50. The number of aromatic nitrogens is 5. The molecule has 11 nitrogen and oxygen atoms in total. The average molecular weight is 513 g/mol. The molecule has 0 atom stereocenters. The van der Waals surface area contributed by atoms with E-state index in [1.807, 2.05) is 0 Å². The normalized spacial score (nSPS) is 11.6. The van der Waals surface area contributed by atoms with E-state index in [-0.39, 0.29) is 33.7 Å². The second-order valence-corrected chi connectivity index (χ2v) is 7.02. The van der Waals surface area contributed by atoms with Crippen molar-refractivity contribution in [2.75, 3.05) is 17.5 Å². The average Bonchev–Trinajstić information content (AvgIpc) is 2.81. The highest BCUT2D eigenvalue weighted by Gasteiger charge is 2.43. The number of ether oxygens (including phenoxy) is 1. The van der Waals surface area contributed by atoms with Crippen LogP contribution in [0, 0.1) is 0 Å². The van der Waals surface area contributed by atoms with Crippen molar-refractivity contribution in [1.82, 2.24) is 25.1 Å². The fourth-order valence-electron chi connectivity index (χ4n) is 2.62. The highest BCUT2D eigenvalue weighted by molar-refractivity contribution is 5.93. The summed E-state index contributed by atoms with van der Waals surface area (Å²) in [5, 5.41) is 10.5. The summed E-state index contributed by atoms with van der Waals surface area (Å²) in [6.45, 7) is 1.43. The van der Waals surface area contributed by atoms with Gasteiger partial charge in [-0.05, 0) is 12.1 Å². The first kappa shape index (κ1) is 26.1. The van der Waals surface area contributed by atoms with Crippen molar-refractivity contribution in [3.63, 3.8) is 0 Å². The number of methoxy groups -OCH3 is 1. The number of halogens is 5. The molecule has 3 rings (SSSR count). The maximum atomic E-state index is 13.7. The molecule has 0 aliphatic carbocycles. The Balaban J connectivity index is 2.09. The molecule has 36 heavy (non-hydrogen) atoms. The predicted molar refractivity (Wildman–Crippen MR) is 112 cm³/mol. The van der Waals surface area contributed by atoms with Gasteiger partial charge in [0.15, 0.2) is 5.82 Å². The van der Waals surface area contributed by atoms with Gasteiger partial charge in [0.25, 0.3) is 5.91 Å². The van der Waals surface area contributed by atoms with Crippen molar-refractivity contribution in [1.29, 1.82) is 0 Å². The lowest BCUT2D eigenvalue weighted by atomic mass is 10.1. The monoisotopic (exact) mass is 513 g/mol. The molecular formula is C20H16F5N7O4. The first-order valence-electron chi connectivity index (χ1n) is 9.76. The number of nitrogens with one attached hydrogen (secondary N) is 1. The Morgan fingerprint density at radius 2 is 1.78 bits per heavy atom. The topological polar surface area (TPSA) is 132 Å². The molecule has 0 unspecified atom stereocenters. The Kier molecular flexibility index (Phi) is 7.26. The highest BCUT2D eigenvalue weighted by atomic mass is 19.4. The maximum absolute atomic E-state index is 13.7. The zero-order valence-corrected chi connectivity index (χ0v) is 18.7. The standard InChI is InChI=1S/C20H16F5N7O4/c1-10(33)32(36-18(34)20(23,24)25)15-8-13(28-14-6-7-26-17(29-14)19(2,21)22)11(9-27-15)12-4-5-16(35-3)31-30-12/h4-9H,1-3H3,(H,26,27,28,29). The summed E-state index contributed by atoms with van der Waals surface area (Å²) >= 11 is 0. The van der Waals surface area contributed by atoms with Gasteiger partial charge < -0.3 is 14.9 Å². The van der Waals surface area contributed by atoms with E-state index in [1.54, 1.807) is 0 Å². The first-order valence-corrected chi connectivity index (χ1v) is 9.76. The van der Waals surface area contributed by atoms with Gasteiger partial charge in [0.05, 0.1) is 18.5 Å². The molecule has 3 aromatic heterocycles. The molecule has 0 saturated heterocycles. The number of anilines is 3. The van der Waals surface area contributed by atoms with E-state index < -0.39 is 35.6 Å². The van der Waals surface area contributed by atoms with Crippen LogP contribution in [0.15, 0.2) is 36.7 Å². The van der Waals surface area contributed by atoms with Gasteiger partial charge in [-0.15, -0.1) is 15.3 Å². The first-order chi connectivity index (χ1) is 16.8. The van der Waals surface area contributed by atoms with Crippen molar-refractivity contribution in [2.24, 2.45) is 0 Å². The third-order valence-electron chi connectivity index (χ3n) is 4.23. The number of hydroxylamine groups is 1. The molecule has 1 amide bonds. The Morgan fingerprint density at radius 1 is 1.06 bits per heavy atom. The molecule has 0 saturated carbocycles. The third-order valence-corrected chi connectivity index (χ3v) is 4.23. The minimum Gasteiger partial charge on any atom is -0.480 e. The fraction of sp³-hybridized carbons (Fsp3) is 0.250. The Labute approximate surface area is 199 Å². The molecule has 0 spiro atoms. The van der Waals surface area contributed by atoms with E-state index in [1.165, 1.54) is 25.3 Å². The van der Waals surface area contributed by atoms with Crippen molar-refractivity contribution in [2.45, 2.75) is 25.9 Å². The minimum absolute atomic E-state index is 0.0159. The zero-order valence-electron chi connectivity index (χ0n) is 18.7. The number of hydrogen-bond acceptors (Lipinski definition) is 10. The van der Waals surface area contributed by atoms with Crippen molar-refractivity contribution < 1.29 is 41.1 Å². The van der Waals surface area contributed by atoms with E-state index in [2.05, 4.69) is 35.3 Å². The lowest BCUT2D eigenvalue weighted by molar-refractivity contribution is -0.201. The van der Waals surface area contributed by atoms with E-state index in [4.69, 9.17) is 4.74 Å². The van der Waals surface area contributed by atoms with E-state index in [0.717, 1.165) is 25.4 Å². The molecule has 0 aliphatic rings. The number of rotatable bonds is 6. The van der Waals surface area contributed by atoms with Crippen molar-refractivity contribution >= 4 is 29.2 Å². The molecule has 0 radical (unpaired) electrons. The van der Waals surface area contributed by atoms with Gasteiger partial charge in [0.1, 0.15) is 5.82 Å². The van der Waals surface area contributed by atoms with Crippen LogP contribution < -0.4 is 15.1 Å². The lowest BCUT2D eigenvalue weighted by Gasteiger charge is -2.21. The van der Waals surface area contributed by atoms with Crippen LogP contribution in [0.3, 0.4) is 0 Å². The van der Waals surface area contributed by atoms with Gasteiger partial charge in [-0.25, -0.2) is 19.7 Å². The lowest BCUT2D eigenvalue weighted by Crippen LogP contribution is -2.38. The van der Waals surface area contributed by atoms with Crippen LogP contribution in [0.2, 0.25) is 0 Å². The van der Waals surface area contributed by atoms with Gasteiger partial charge in [-0.3, -0.25) is 4.79 Å². The van der Waals surface area contributed by atoms with Crippen LogP contribution in [-0.2, 0) is 20.3 Å². The smallest absolute Gasteiger partial charge is 0.480 e. The Bertz CT molecular complexity index is 1270. The molecule has 1 N–H and O–H groups in total. The van der Waals surface area contributed by atoms with Gasteiger partial charge >= 0.3 is 18.1 Å². The zero-order chi connectivity index (χ0) is 26.7. The molecular weight excluding hydrogens is 497 g/mol. The summed E-state index contributed by atoms with van der Waals surface area (Å²) in [5.74, 6) is -8.46. The van der Waals surface area contributed by atoms with Gasteiger partial charge in [0.2, 0.25) is 11.7 Å². The molecule has 0 bridgehead atoms. The van der Waals surface area contributed by atoms with Gasteiger partial charge in [-0.1, -0.05) is 0 Å². The van der Waals surface area contributed by atoms with E-state index in [0.29, 0.717) is 6.92 Å². The van der Waals surface area contributed by atoms with E-state index in [9.17, 15) is 31.5 Å². The van der Waals surface area contributed by atoms with Gasteiger partial charge in [0, 0.05) is 43.9 Å². The quantitative estimate of drug-likeness (QED) is 0.385. The number of carbonyl (C=O) groups excluding carboxylic acids is 2. The second kappa shape index (κ2) is 10.0. The van der Waals surface area contributed by atoms with E-state index >= 15 is 0 Å². The molecule has 0 aromatic carbocycles. The highest BCUT2D eigenvalue weighted by Crippen LogP contribution is 2.33. The van der Waals surface area contributed by atoms with Gasteiger partial charge in [-0.2, -0.15) is 22.0 Å². The van der Waals surface area contributed by atoms with Crippen LogP contribution in [0.5, 0.6) is 5.88 Å². The van der Waals surface area contributed by atoms with Crippen molar-refractivity contribution in [3.05, 3.63) is 42.5 Å². The largest absolute Gasteiger partial charge is 0.493 e. The number of nitrogens with zero attached hydrogens (tertiary/aromatic N) is 6. The van der Waals surface area contributed by atoms with Crippen LogP contribution in [0.1, 0.15) is 19.7 Å². The van der Waals surface area contributed by atoms with Crippen LogP contribution in [0.25, 0.3) is 11.3 Å². The second-order valence-electron chi connectivity index (χ2n) is 7.02. The van der Waals surface area contributed by atoms with Crippen LogP contribution in [-0.4, -0.2) is 50.3 Å². The van der Waals surface area contributed by atoms with Crippen molar-refractivity contribution in [3.8, 4) is 17.1 Å². The molecule has 3 heterocycles. The summed E-state index contributed by atoms with van der Waals surface area (Å²) in [6, 6.07) is 5.18. The summed E-state index contributed by atoms with van der Waals surface area (Å²) in [4.78, 5) is 38.5. The SMILES string of the molecule is COc1ccc(-c2cnc(N(OC(=O)C(F)(F)F)C(C)=O)cc2Nc2ccnc(C(C)(F)F)n2)nn1. The third kappa shape index (κ3) is 6.13. The molecule has 0 fully saturated rings. The summed E-state index contributed by atoms with van der Waals surface area (Å²) in [6.07, 6.45) is -3.25. The maximum Gasteiger partial charge on any atom is 0.493 e. The number of hydrogen-bond donors (Lipinski definition) is 1. The van der Waals surface area contributed by atoms with Crippen LogP contribution in [0.4, 0.5) is 39.3 Å². The predicted octanol–water partition coefficient (Wildman–Crippen LogP) is 3.57. The molecule has 0 aliphatic heterocycles. The van der Waals surface area contributed by atoms with Crippen LogP contribution >= 0.6 is 0 Å². The fourth-order valence-corrected chi connectivity index (χ4v) is 2.62. The Morgan fingerprint density at radius 3 is 2.33 bits per heavy atom. The molecule has 3 aromatic rings. The summed E-state index contributed by atoms with van der Waals surface area (Å²) < 4.78 is 70.4. The molecule has 16 heteroatoms. The molecule has 190 valence electrons. The summed E-state index contributed by atoms with van der Waals surface area (Å²) in [5.41, 5.74) is 0.329. The number of carbonyl (C=O) groups is 2. The number of amides is 1. The number of alkyl halides is 5.